The number of aliphatic hydroxyl groups is 4. The maximum absolute atomic E-state index is 11.8. The number of rotatable bonds is 20. The summed E-state index contributed by atoms with van der Waals surface area (Å²) < 4.78 is 28.9. The Balaban J connectivity index is -0.000000239. The first kappa shape index (κ1) is 75.0. The summed E-state index contributed by atoms with van der Waals surface area (Å²) in [5.41, 5.74) is 0.768. The number of hydrogen-bond donors (Lipinski definition) is 4. The molecule has 0 aromatic carbocycles. The normalized spacial score (nSPS) is 16.0. The summed E-state index contributed by atoms with van der Waals surface area (Å²) in [7, 11) is -4.83. The van der Waals surface area contributed by atoms with E-state index in [1.54, 1.807) is 0 Å². The maximum Gasteiger partial charge on any atom is 0.191 e. The largest absolute Gasteiger partial charge is 0.417 e. The highest BCUT2D eigenvalue weighted by Crippen LogP contribution is 2.39. The number of carbonyl (C=O) groups excluding carboxylic acids is 2. The molecule has 1 saturated heterocycles. The summed E-state index contributed by atoms with van der Waals surface area (Å²) in [4.78, 5) is 21.9. The van der Waals surface area contributed by atoms with Crippen LogP contribution in [0.3, 0.4) is 0 Å². The molecule has 2 unspecified atom stereocenters. The van der Waals surface area contributed by atoms with Crippen molar-refractivity contribution in [3.05, 3.63) is 24.3 Å². The Morgan fingerprint density at radius 1 is 0.731 bits per heavy atom. The third-order valence-corrected chi connectivity index (χ3v) is 26.8. The number of Topliss-reactive ketones (excluding diaryl/α,β-unsaturated/α-hetero) is 1. The zero-order valence-electron chi connectivity index (χ0n) is 48.6. The lowest BCUT2D eigenvalue weighted by Gasteiger charge is -2.42. The van der Waals surface area contributed by atoms with Crippen molar-refractivity contribution in [3.8, 4) is 0 Å². The quantitative estimate of drug-likeness (QED) is 0.0398. The summed E-state index contributed by atoms with van der Waals surface area (Å²) in [6.45, 7) is 60.0. The summed E-state index contributed by atoms with van der Waals surface area (Å²) in [5.74, 6) is -0.306. The summed E-state index contributed by atoms with van der Waals surface area (Å²) in [5, 5.41) is 35.2. The standard InChI is InChI=1S/C14H30O2Si.C12H22O3.C9H22O2Si.C9H20O2Si.C6H12.C3H8O2/c1-9-14(5,6)12(15)10-11-16-17(7,8)13(2,3)4;1-6-9(13)11(2,3)10-7-8-14-12(4,5)15-10;2*1-9(2,3)12(4,5)11-8-6-7-10;1-4-5-6(2)3;4-2-1-3-5/h9,12,15H,1,10-11H2,2-8H3;10H,6-8H2,1-5H3;10H,6-8H2,1-5H3;7H,6,8H2,1-5H3;5H,4H2,1-3H3;4-5H,1-3H2. The topological polar surface area (TPSA) is 161 Å². The van der Waals surface area contributed by atoms with Crippen LogP contribution in [0.2, 0.25) is 54.4 Å². The molecule has 2 atom stereocenters. The Labute approximate surface area is 418 Å². The smallest absolute Gasteiger partial charge is 0.191 e. The predicted molar refractivity (Wildman–Crippen MR) is 294 cm³/mol. The van der Waals surface area contributed by atoms with Crippen molar-refractivity contribution in [3.63, 3.8) is 0 Å². The molecular weight excluding hydrogens is 897 g/mol. The van der Waals surface area contributed by atoms with E-state index in [0.29, 0.717) is 52.1 Å². The van der Waals surface area contributed by atoms with Crippen LogP contribution in [-0.2, 0) is 32.3 Å². The first-order chi connectivity index (χ1) is 30.0. The third-order valence-electron chi connectivity index (χ3n) is 13.2. The average molecular weight is 1010 g/mol. The van der Waals surface area contributed by atoms with Crippen LogP contribution in [0.15, 0.2) is 24.3 Å². The van der Waals surface area contributed by atoms with Gasteiger partial charge in [0.05, 0.1) is 18.8 Å². The van der Waals surface area contributed by atoms with Crippen molar-refractivity contribution in [1.29, 1.82) is 0 Å². The second-order valence-corrected chi connectivity index (χ2v) is 38.2. The highest BCUT2D eigenvalue weighted by Gasteiger charge is 2.42. The molecule has 11 nitrogen and oxygen atoms in total. The predicted octanol–water partition coefficient (Wildman–Crippen LogP) is 13.2. The van der Waals surface area contributed by atoms with Gasteiger partial charge < -0.3 is 48.0 Å². The molecular formula is C53H114O11Si3. The van der Waals surface area contributed by atoms with E-state index in [1.807, 2.05) is 54.5 Å². The summed E-state index contributed by atoms with van der Waals surface area (Å²) >= 11 is 0. The van der Waals surface area contributed by atoms with Gasteiger partial charge in [0.2, 0.25) is 0 Å². The Hall–Kier alpha value is -0.889. The summed E-state index contributed by atoms with van der Waals surface area (Å²) in [6.07, 6.45) is 9.49. The van der Waals surface area contributed by atoms with Crippen molar-refractivity contribution in [2.45, 2.75) is 249 Å². The SMILES string of the molecule is C=CC(C)(C)C(O)CCO[Si](C)(C)C(C)(C)C.CC(C)(C)[Si](C)(C)OCCC=O.CC(C)(C)[Si](C)(C)OCCCO.CCC(=O)C(C)(C)C1CCOC(C)(C)O1.CCC=C(C)C.OCCCO. The van der Waals surface area contributed by atoms with Crippen LogP contribution >= 0.6 is 0 Å². The van der Waals surface area contributed by atoms with Crippen molar-refractivity contribution in [2.75, 3.05) is 46.2 Å². The van der Waals surface area contributed by atoms with Crippen LogP contribution in [0.25, 0.3) is 0 Å². The second-order valence-electron chi connectivity index (χ2n) is 23.8. The molecule has 1 aliphatic rings. The van der Waals surface area contributed by atoms with Crippen LogP contribution in [0.1, 0.15) is 176 Å². The van der Waals surface area contributed by atoms with Gasteiger partial charge in [0.15, 0.2) is 30.7 Å². The molecule has 67 heavy (non-hydrogen) atoms. The number of aldehydes is 1. The van der Waals surface area contributed by atoms with Crippen molar-refractivity contribution in [2.24, 2.45) is 10.8 Å². The highest BCUT2D eigenvalue weighted by molar-refractivity contribution is 6.74. The monoisotopic (exact) mass is 1010 g/mol. The lowest BCUT2D eigenvalue weighted by atomic mass is 9.79. The zero-order valence-corrected chi connectivity index (χ0v) is 51.6. The second kappa shape index (κ2) is 35.3. The Bertz CT molecular complexity index is 1300. The fourth-order valence-corrected chi connectivity index (χ4v) is 8.02. The molecule has 0 amide bonds. The van der Waals surface area contributed by atoms with Crippen molar-refractivity contribution in [1.82, 2.24) is 0 Å². The van der Waals surface area contributed by atoms with E-state index in [9.17, 15) is 14.7 Å². The van der Waals surface area contributed by atoms with Gasteiger partial charge in [-0.2, -0.15) is 0 Å². The van der Waals surface area contributed by atoms with Gasteiger partial charge in [-0.25, -0.2) is 0 Å². The Morgan fingerprint density at radius 2 is 1.13 bits per heavy atom. The third kappa shape index (κ3) is 35.8. The van der Waals surface area contributed by atoms with Gasteiger partial charge in [-0.3, -0.25) is 4.79 Å². The number of allylic oxidation sites excluding steroid dienone is 2. The van der Waals surface area contributed by atoms with Gasteiger partial charge in [0, 0.05) is 63.3 Å². The van der Waals surface area contributed by atoms with Crippen molar-refractivity contribution < 1.29 is 52.8 Å². The highest BCUT2D eigenvalue weighted by atomic mass is 28.4. The fourth-order valence-electron chi connectivity index (χ4n) is 4.81. The fraction of sp³-hybridized carbons (Fsp3) is 0.887. The Kier molecular flexibility index (Phi) is 39.5. The molecule has 404 valence electrons. The van der Waals surface area contributed by atoms with Gasteiger partial charge >= 0.3 is 0 Å². The molecule has 0 radical (unpaired) electrons. The van der Waals surface area contributed by atoms with Gasteiger partial charge in [-0.1, -0.05) is 122 Å². The molecule has 0 bridgehead atoms. The van der Waals surface area contributed by atoms with E-state index in [0.717, 1.165) is 19.1 Å². The number of carbonyl (C=O) groups is 2. The minimum Gasteiger partial charge on any atom is -0.417 e. The van der Waals surface area contributed by atoms with Crippen LogP contribution in [0.5, 0.6) is 0 Å². The van der Waals surface area contributed by atoms with E-state index in [1.165, 1.54) is 12.0 Å². The molecule has 14 heteroatoms. The van der Waals surface area contributed by atoms with Gasteiger partial charge in [0.25, 0.3) is 0 Å². The molecule has 0 aromatic heterocycles. The number of aliphatic hydroxyl groups excluding tert-OH is 4. The van der Waals surface area contributed by atoms with Crippen LogP contribution in [0, 0.1) is 10.8 Å². The van der Waals surface area contributed by atoms with Gasteiger partial charge in [0.1, 0.15) is 12.1 Å². The first-order valence-corrected chi connectivity index (χ1v) is 33.7. The minimum absolute atomic E-state index is 0.0336. The van der Waals surface area contributed by atoms with Crippen LogP contribution in [0.4, 0.5) is 0 Å². The average Bonchev–Trinajstić information content (AvgIpc) is 3.17. The maximum atomic E-state index is 11.8. The molecule has 0 aliphatic carbocycles. The summed E-state index contributed by atoms with van der Waals surface area (Å²) in [6, 6.07) is 0. The number of hydrogen-bond acceptors (Lipinski definition) is 11. The molecule has 0 saturated carbocycles. The molecule has 1 heterocycles. The number of ketones is 1. The van der Waals surface area contributed by atoms with E-state index in [4.69, 9.17) is 38.1 Å². The van der Waals surface area contributed by atoms with E-state index >= 15 is 0 Å². The lowest BCUT2D eigenvalue weighted by molar-refractivity contribution is -0.288. The molecule has 1 aliphatic heterocycles. The molecule has 1 fully saturated rings. The Morgan fingerprint density at radius 3 is 1.42 bits per heavy atom. The number of ether oxygens (including phenoxy) is 2. The molecule has 0 spiro atoms. The zero-order chi connectivity index (χ0) is 54.4. The van der Waals surface area contributed by atoms with E-state index < -0.39 is 36.2 Å². The van der Waals surface area contributed by atoms with Crippen LogP contribution in [-0.4, -0.2) is 122 Å². The first-order valence-electron chi connectivity index (χ1n) is 25.0. The lowest BCUT2D eigenvalue weighted by Crippen LogP contribution is -2.49. The van der Waals surface area contributed by atoms with Gasteiger partial charge in [-0.05, 0) is 114 Å². The van der Waals surface area contributed by atoms with E-state index in [-0.39, 0.29) is 58.3 Å². The van der Waals surface area contributed by atoms with Crippen molar-refractivity contribution >= 4 is 37.0 Å². The van der Waals surface area contributed by atoms with E-state index in [2.05, 4.69) is 135 Å². The molecule has 1 rings (SSSR count). The molecule has 4 N–H and O–H groups in total. The van der Waals surface area contributed by atoms with Crippen LogP contribution < -0.4 is 0 Å². The minimum atomic E-state index is -1.68. The molecule has 0 aromatic rings. The van der Waals surface area contributed by atoms with Gasteiger partial charge in [-0.15, -0.1) is 6.58 Å².